The van der Waals surface area contributed by atoms with E-state index in [9.17, 15) is 9.18 Å². The standard InChI is InChI=1S/C14H15FO4/c1-9(16)12-13(2)7-17-14(19-12,18-8-13)10-5-3-4-6-11(10)15/h3-6,12H,7-8H2,1-2H3. The molecule has 0 saturated carbocycles. The van der Waals surface area contributed by atoms with Crippen molar-refractivity contribution in [3.8, 4) is 0 Å². The first kappa shape index (κ1) is 12.7. The van der Waals surface area contributed by atoms with E-state index in [1.54, 1.807) is 18.2 Å². The van der Waals surface area contributed by atoms with E-state index < -0.39 is 23.3 Å². The number of hydrogen-bond acceptors (Lipinski definition) is 4. The lowest BCUT2D eigenvalue weighted by atomic mass is 9.81. The van der Waals surface area contributed by atoms with E-state index in [-0.39, 0.29) is 11.3 Å². The van der Waals surface area contributed by atoms with Crippen LogP contribution in [0, 0.1) is 11.2 Å². The summed E-state index contributed by atoms with van der Waals surface area (Å²) < 4.78 is 30.7. The molecule has 3 aliphatic rings. The maximum absolute atomic E-state index is 13.9. The summed E-state index contributed by atoms with van der Waals surface area (Å²) in [4.78, 5) is 11.7. The molecule has 1 aromatic rings. The first-order valence-corrected chi connectivity index (χ1v) is 6.18. The minimum atomic E-state index is -1.60. The fourth-order valence-corrected chi connectivity index (χ4v) is 2.62. The fourth-order valence-electron chi connectivity index (χ4n) is 2.62. The molecular weight excluding hydrogens is 251 g/mol. The summed E-state index contributed by atoms with van der Waals surface area (Å²) in [5.74, 6) is -2.18. The maximum atomic E-state index is 13.9. The van der Waals surface area contributed by atoms with Crippen LogP contribution in [-0.4, -0.2) is 25.1 Å². The van der Waals surface area contributed by atoms with Crippen molar-refractivity contribution in [1.29, 1.82) is 0 Å². The number of hydrogen-bond donors (Lipinski definition) is 0. The number of carbonyl (C=O) groups is 1. The monoisotopic (exact) mass is 266 g/mol. The third-order valence-electron chi connectivity index (χ3n) is 3.66. The normalized spacial score (nSPS) is 37.3. The summed E-state index contributed by atoms with van der Waals surface area (Å²) in [6.45, 7) is 3.92. The van der Waals surface area contributed by atoms with Gasteiger partial charge in [0.2, 0.25) is 0 Å². The van der Waals surface area contributed by atoms with Crippen LogP contribution in [0.1, 0.15) is 19.4 Å². The van der Waals surface area contributed by atoms with Crippen LogP contribution < -0.4 is 0 Å². The third-order valence-corrected chi connectivity index (χ3v) is 3.66. The van der Waals surface area contributed by atoms with E-state index in [1.807, 2.05) is 6.92 Å². The number of rotatable bonds is 2. The van der Waals surface area contributed by atoms with Gasteiger partial charge in [-0.1, -0.05) is 19.1 Å². The zero-order valence-corrected chi connectivity index (χ0v) is 10.8. The van der Waals surface area contributed by atoms with Gasteiger partial charge in [0.05, 0.1) is 18.8 Å². The van der Waals surface area contributed by atoms with Crippen LogP contribution in [0.3, 0.4) is 0 Å². The summed E-state index contributed by atoms with van der Waals surface area (Å²) >= 11 is 0. The lowest BCUT2D eigenvalue weighted by Crippen LogP contribution is -2.63. The van der Waals surface area contributed by atoms with Gasteiger partial charge in [0.1, 0.15) is 11.9 Å². The van der Waals surface area contributed by atoms with Crippen molar-refractivity contribution in [2.24, 2.45) is 5.41 Å². The zero-order chi connectivity index (χ0) is 13.7. The Kier molecular flexibility index (Phi) is 2.74. The highest BCUT2D eigenvalue weighted by molar-refractivity contribution is 5.81. The smallest absolute Gasteiger partial charge is 0.315 e. The summed E-state index contributed by atoms with van der Waals surface area (Å²) in [6.07, 6.45) is -0.644. The number of ketones is 1. The summed E-state index contributed by atoms with van der Waals surface area (Å²) in [6, 6.07) is 6.11. The van der Waals surface area contributed by atoms with Gasteiger partial charge in [0.15, 0.2) is 5.78 Å². The molecule has 0 N–H and O–H groups in total. The van der Waals surface area contributed by atoms with Gasteiger partial charge in [0.25, 0.3) is 0 Å². The average molecular weight is 266 g/mol. The van der Waals surface area contributed by atoms with Gasteiger partial charge in [-0.3, -0.25) is 4.79 Å². The number of benzene rings is 1. The second-order valence-corrected chi connectivity index (χ2v) is 5.38. The molecule has 1 unspecified atom stereocenters. The van der Waals surface area contributed by atoms with Gasteiger partial charge in [-0.05, 0) is 19.1 Å². The lowest BCUT2D eigenvalue weighted by molar-refractivity contribution is -0.491. The summed E-state index contributed by atoms with van der Waals surface area (Å²) in [5.41, 5.74) is -0.346. The highest BCUT2D eigenvalue weighted by Gasteiger charge is 2.59. The van der Waals surface area contributed by atoms with E-state index >= 15 is 0 Å². The van der Waals surface area contributed by atoms with Crippen molar-refractivity contribution in [1.82, 2.24) is 0 Å². The Hall–Kier alpha value is -1.30. The Morgan fingerprint density at radius 1 is 1.32 bits per heavy atom. The van der Waals surface area contributed by atoms with Gasteiger partial charge in [-0.15, -0.1) is 0 Å². The van der Waals surface area contributed by atoms with Crippen molar-refractivity contribution >= 4 is 5.78 Å². The summed E-state index contributed by atoms with van der Waals surface area (Å²) in [5, 5.41) is 0. The molecule has 4 rings (SSSR count). The Morgan fingerprint density at radius 2 is 1.95 bits per heavy atom. The van der Waals surface area contributed by atoms with Crippen molar-refractivity contribution in [2.75, 3.05) is 13.2 Å². The molecule has 3 aliphatic heterocycles. The highest BCUT2D eigenvalue weighted by Crippen LogP contribution is 2.48. The van der Waals surface area contributed by atoms with Gasteiger partial charge >= 0.3 is 5.97 Å². The molecule has 5 heteroatoms. The first-order valence-electron chi connectivity index (χ1n) is 6.18. The molecule has 3 fully saturated rings. The van der Waals surface area contributed by atoms with Gasteiger partial charge in [0, 0.05) is 5.41 Å². The number of carbonyl (C=O) groups excluding carboxylic acids is 1. The molecule has 2 bridgehead atoms. The van der Waals surface area contributed by atoms with Crippen LogP contribution in [0.15, 0.2) is 24.3 Å². The minimum Gasteiger partial charge on any atom is -0.323 e. The SMILES string of the molecule is CC(=O)C1OC2(c3ccccc3F)OCC1(C)CO2. The largest absolute Gasteiger partial charge is 0.323 e. The Morgan fingerprint density at radius 3 is 2.53 bits per heavy atom. The van der Waals surface area contributed by atoms with E-state index in [0.29, 0.717) is 13.2 Å². The Balaban J connectivity index is 2.03. The molecule has 3 heterocycles. The molecule has 1 aromatic carbocycles. The maximum Gasteiger partial charge on any atom is 0.315 e. The summed E-state index contributed by atoms with van der Waals surface area (Å²) in [7, 11) is 0. The van der Waals surface area contributed by atoms with Crippen molar-refractivity contribution in [2.45, 2.75) is 25.9 Å². The van der Waals surface area contributed by atoms with Crippen LogP contribution >= 0.6 is 0 Å². The number of fused-ring (bicyclic) bond motifs is 3. The zero-order valence-electron chi connectivity index (χ0n) is 10.8. The van der Waals surface area contributed by atoms with Crippen LogP contribution in [0.2, 0.25) is 0 Å². The second-order valence-electron chi connectivity index (χ2n) is 5.38. The predicted molar refractivity (Wildman–Crippen MR) is 63.6 cm³/mol. The van der Waals surface area contributed by atoms with Gasteiger partial charge in [-0.2, -0.15) is 0 Å². The molecule has 4 nitrogen and oxygen atoms in total. The lowest BCUT2D eigenvalue weighted by Gasteiger charge is -2.54. The van der Waals surface area contributed by atoms with E-state index in [2.05, 4.69) is 0 Å². The molecule has 3 saturated heterocycles. The first-order chi connectivity index (χ1) is 8.97. The van der Waals surface area contributed by atoms with Crippen LogP contribution in [0.25, 0.3) is 0 Å². The highest BCUT2D eigenvalue weighted by atomic mass is 19.1. The minimum absolute atomic E-state index is 0.102. The molecule has 0 radical (unpaired) electrons. The Bertz CT molecular complexity index is 520. The molecular formula is C14H15FO4. The molecule has 0 aromatic heterocycles. The third kappa shape index (κ3) is 1.81. The average Bonchev–Trinajstić information content (AvgIpc) is 2.40. The molecule has 0 amide bonds. The fraction of sp³-hybridized carbons (Fsp3) is 0.500. The number of halogens is 1. The molecule has 102 valence electrons. The van der Waals surface area contributed by atoms with E-state index in [0.717, 1.165) is 0 Å². The van der Waals surface area contributed by atoms with E-state index in [4.69, 9.17) is 14.2 Å². The quantitative estimate of drug-likeness (QED) is 0.821. The molecule has 1 atom stereocenters. The van der Waals surface area contributed by atoms with Crippen molar-refractivity contribution < 1.29 is 23.4 Å². The molecule has 19 heavy (non-hydrogen) atoms. The van der Waals surface area contributed by atoms with Gasteiger partial charge in [-0.25, -0.2) is 4.39 Å². The number of Topliss-reactive ketones (excluding diaryl/α,β-unsaturated/α-hetero) is 1. The predicted octanol–water partition coefficient (Wildman–Crippen LogP) is 1.98. The van der Waals surface area contributed by atoms with Crippen molar-refractivity contribution in [3.63, 3.8) is 0 Å². The van der Waals surface area contributed by atoms with Gasteiger partial charge < -0.3 is 14.2 Å². The van der Waals surface area contributed by atoms with Crippen molar-refractivity contribution in [3.05, 3.63) is 35.6 Å². The number of ether oxygens (including phenoxy) is 3. The van der Waals surface area contributed by atoms with E-state index in [1.165, 1.54) is 13.0 Å². The van der Waals surface area contributed by atoms with Crippen LogP contribution in [0.5, 0.6) is 0 Å². The molecule has 0 aliphatic carbocycles. The Labute approximate surface area is 110 Å². The topological polar surface area (TPSA) is 44.8 Å². The van der Waals surface area contributed by atoms with Crippen LogP contribution in [-0.2, 0) is 25.0 Å². The second kappa shape index (κ2) is 4.10. The van der Waals surface area contributed by atoms with Crippen LogP contribution in [0.4, 0.5) is 4.39 Å². The molecule has 0 spiro atoms.